The van der Waals surface area contributed by atoms with Gasteiger partial charge >= 0.3 is 0 Å². The van der Waals surface area contributed by atoms with Gasteiger partial charge in [0, 0.05) is 16.3 Å². The largest absolute Gasteiger partial charge is 0.453 e. The first-order chi connectivity index (χ1) is 11.8. The van der Waals surface area contributed by atoms with E-state index in [1.54, 1.807) is 12.1 Å². The molecule has 116 valence electrons. The number of ketones is 1. The van der Waals surface area contributed by atoms with Gasteiger partial charge in [-0.25, -0.2) is 4.98 Å². The zero-order chi connectivity index (χ0) is 16.4. The number of para-hydroxylation sites is 1. The van der Waals surface area contributed by atoms with Gasteiger partial charge in [0.1, 0.15) is 10.6 Å². The van der Waals surface area contributed by atoms with Crippen molar-refractivity contribution in [3.8, 4) is 11.3 Å². The molecule has 2 heterocycles. The van der Waals surface area contributed by atoms with E-state index >= 15 is 0 Å². The number of carbonyl (C=O) groups excluding carboxylic acids is 1. The van der Waals surface area contributed by atoms with Gasteiger partial charge in [0.2, 0.25) is 5.78 Å². The second-order valence-electron chi connectivity index (χ2n) is 5.28. The van der Waals surface area contributed by atoms with Crippen LogP contribution in [0.15, 0.2) is 76.5 Å². The van der Waals surface area contributed by atoms with Crippen LogP contribution in [0.2, 0.25) is 0 Å². The maximum Gasteiger partial charge on any atom is 0.221 e. The first-order valence-corrected chi connectivity index (χ1v) is 8.39. The smallest absolute Gasteiger partial charge is 0.221 e. The Morgan fingerprint density at radius 1 is 1.04 bits per heavy atom. The summed E-state index contributed by atoms with van der Waals surface area (Å²) < 4.78 is 5.57. The molecule has 4 rings (SSSR count). The van der Waals surface area contributed by atoms with Crippen LogP contribution in [0.4, 0.5) is 0 Å². The fraction of sp³-hybridized carbons (Fsp3) is 0. The molecule has 24 heavy (non-hydrogen) atoms. The third-order valence-electron chi connectivity index (χ3n) is 3.64. The lowest BCUT2D eigenvalue weighted by molar-refractivity contribution is 0.102. The Kier molecular flexibility index (Phi) is 3.81. The molecule has 0 saturated carbocycles. The predicted octanol–water partition coefficient (Wildman–Crippen LogP) is 5.45. The maximum atomic E-state index is 12.3. The lowest BCUT2D eigenvalue weighted by Crippen LogP contribution is -1.90. The van der Waals surface area contributed by atoms with Crippen LogP contribution in [0, 0.1) is 0 Å². The minimum atomic E-state index is -0.164. The molecule has 0 aliphatic heterocycles. The third kappa shape index (κ3) is 2.92. The number of allylic oxidation sites excluding steroid dienone is 1. The molecule has 0 radical (unpaired) electrons. The summed E-state index contributed by atoms with van der Waals surface area (Å²) >= 11 is 1.51. The highest BCUT2D eigenvalue weighted by Gasteiger charge is 2.09. The number of nitrogens with zero attached hydrogens (tertiary/aromatic N) is 1. The van der Waals surface area contributed by atoms with Crippen LogP contribution in [0.5, 0.6) is 0 Å². The molecule has 4 aromatic rings. The van der Waals surface area contributed by atoms with Gasteiger partial charge in [-0.1, -0.05) is 48.5 Å². The minimum Gasteiger partial charge on any atom is -0.453 e. The van der Waals surface area contributed by atoms with Gasteiger partial charge in [0.25, 0.3) is 0 Å². The Labute approximate surface area is 142 Å². The molecule has 0 bridgehead atoms. The van der Waals surface area contributed by atoms with Crippen molar-refractivity contribution in [1.29, 1.82) is 0 Å². The lowest BCUT2D eigenvalue weighted by atomic mass is 10.2. The average molecular weight is 331 g/mol. The molecular formula is C20H13NO2S. The van der Waals surface area contributed by atoms with E-state index in [9.17, 15) is 4.79 Å². The van der Waals surface area contributed by atoms with Gasteiger partial charge in [-0.05, 0) is 24.3 Å². The molecule has 0 fully saturated rings. The number of rotatable bonds is 4. The number of hydrogen-bond donors (Lipinski definition) is 0. The van der Waals surface area contributed by atoms with E-state index in [4.69, 9.17) is 4.42 Å². The first kappa shape index (κ1) is 14.6. The van der Waals surface area contributed by atoms with Gasteiger partial charge < -0.3 is 4.42 Å². The molecule has 4 heteroatoms. The van der Waals surface area contributed by atoms with Crippen LogP contribution in [0.3, 0.4) is 0 Å². The van der Waals surface area contributed by atoms with Crippen LogP contribution in [-0.4, -0.2) is 10.8 Å². The summed E-state index contributed by atoms with van der Waals surface area (Å²) in [6.07, 6.45) is 3.23. The number of fused-ring (bicyclic) bond motifs is 1. The highest BCUT2D eigenvalue weighted by Crippen LogP contribution is 2.23. The molecule has 0 amide bonds. The molecule has 0 N–H and O–H groups in total. The van der Waals surface area contributed by atoms with Crippen LogP contribution in [-0.2, 0) is 0 Å². The Balaban J connectivity index is 1.54. The van der Waals surface area contributed by atoms with Crippen molar-refractivity contribution in [1.82, 2.24) is 4.98 Å². The van der Waals surface area contributed by atoms with Crippen LogP contribution in [0.25, 0.3) is 28.3 Å². The van der Waals surface area contributed by atoms with E-state index in [0.29, 0.717) is 5.76 Å². The summed E-state index contributed by atoms with van der Waals surface area (Å²) in [4.78, 5) is 16.8. The Bertz CT molecular complexity index is 995. The summed E-state index contributed by atoms with van der Waals surface area (Å²) in [5, 5.41) is 3.70. The third-order valence-corrected chi connectivity index (χ3v) is 4.45. The zero-order valence-corrected chi connectivity index (χ0v) is 13.5. The minimum absolute atomic E-state index is 0.164. The first-order valence-electron chi connectivity index (χ1n) is 7.51. The molecule has 0 atom stereocenters. The fourth-order valence-electron chi connectivity index (χ4n) is 2.44. The van der Waals surface area contributed by atoms with Crippen LogP contribution >= 0.6 is 11.3 Å². The molecule has 0 saturated heterocycles. The van der Waals surface area contributed by atoms with Gasteiger partial charge in [-0.15, -0.1) is 11.3 Å². The standard InChI is InChI=1S/C20H13NO2S/c22-17(19-12-15-8-4-5-9-18(15)23-19)10-11-20-21-16(13-24-20)14-6-2-1-3-7-14/h1-13H/b11-10-. The summed E-state index contributed by atoms with van der Waals surface area (Å²) in [6, 6.07) is 19.3. The van der Waals surface area contributed by atoms with E-state index in [2.05, 4.69) is 4.98 Å². The molecule has 0 spiro atoms. The van der Waals surface area contributed by atoms with Crippen molar-refractivity contribution in [2.45, 2.75) is 0 Å². The number of aromatic nitrogens is 1. The molecular weight excluding hydrogens is 318 g/mol. The number of benzene rings is 2. The molecule has 0 aliphatic rings. The van der Waals surface area contributed by atoms with Crippen molar-refractivity contribution in [2.75, 3.05) is 0 Å². The van der Waals surface area contributed by atoms with E-state index < -0.39 is 0 Å². The van der Waals surface area contributed by atoms with E-state index in [-0.39, 0.29) is 5.78 Å². The number of hydrogen-bond acceptors (Lipinski definition) is 4. The second kappa shape index (κ2) is 6.26. The Hall–Kier alpha value is -2.98. The molecule has 3 nitrogen and oxygen atoms in total. The van der Waals surface area contributed by atoms with Crippen LogP contribution < -0.4 is 0 Å². The topological polar surface area (TPSA) is 43.1 Å². The van der Waals surface area contributed by atoms with Gasteiger partial charge in [0.05, 0.1) is 5.69 Å². The van der Waals surface area contributed by atoms with Crippen molar-refractivity contribution >= 4 is 34.2 Å². The Morgan fingerprint density at radius 2 is 1.83 bits per heavy atom. The molecule has 0 unspecified atom stereocenters. The second-order valence-corrected chi connectivity index (χ2v) is 6.17. The van der Waals surface area contributed by atoms with Crippen molar-refractivity contribution in [3.05, 3.63) is 82.9 Å². The van der Waals surface area contributed by atoms with Crippen molar-refractivity contribution in [3.63, 3.8) is 0 Å². The van der Waals surface area contributed by atoms with Gasteiger partial charge in [-0.3, -0.25) is 4.79 Å². The number of carbonyl (C=O) groups is 1. The fourth-order valence-corrected chi connectivity index (χ4v) is 3.16. The predicted molar refractivity (Wildman–Crippen MR) is 97.1 cm³/mol. The van der Waals surface area contributed by atoms with Crippen molar-refractivity contribution in [2.24, 2.45) is 0 Å². The normalized spacial score (nSPS) is 11.3. The summed E-state index contributed by atoms with van der Waals surface area (Å²) in [7, 11) is 0. The van der Waals surface area contributed by atoms with Gasteiger partial charge in [-0.2, -0.15) is 0 Å². The Morgan fingerprint density at radius 3 is 2.67 bits per heavy atom. The average Bonchev–Trinajstić information content (AvgIpc) is 3.27. The molecule has 2 aromatic carbocycles. The highest BCUT2D eigenvalue weighted by atomic mass is 32.1. The molecule has 0 aliphatic carbocycles. The van der Waals surface area contributed by atoms with Crippen molar-refractivity contribution < 1.29 is 9.21 Å². The zero-order valence-electron chi connectivity index (χ0n) is 12.7. The summed E-state index contributed by atoms with van der Waals surface area (Å²) in [5.41, 5.74) is 2.70. The number of thiazole rings is 1. The highest BCUT2D eigenvalue weighted by molar-refractivity contribution is 7.10. The lowest BCUT2D eigenvalue weighted by Gasteiger charge is -1.93. The maximum absolute atomic E-state index is 12.3. The summed E-state index contributed by atoms with van der Waals surface area (Å²) in [6.45, 7) is 0. The monoisotopic (exact) mass is 331 g/mol. The molecule has 2 aromatic heterocycles. The quantitative estimate of drug-likeness (QED) is 0.369. The summed E-state index contributed by atoms with van der Waals surface area (Å²) in [5.74, 6) is 0.176. The number of furan rings is 1. The van der Waals surface area contributed by atoms with E-state index in [1.807, 2.05) is 60.0 Å². The van der Waals surface area contributed by atoms with E-state index in [0.717, 1.165) is 27.2 Å². The van der Waals surface area contributed by atoms with E-state index in [1.165, 1.54) is 17.4 Å². The van der Waals surface area contributed by atoms with Crippen LogP contribution in [0.1, 0.15) is 15.6 Å². The van der Waals surface area contributed by atoms with Gasteiger partial charge in [0.15, 0.2) is 5.76 Å². The SMILES string of the molecule is O=C(/C=C\c1nc(-c2ccccc2)cs1)c1cc2ccccc2o1.